The standard InChI is InChI=1S/C18H22N6O3/c1-11-7-12(2)23(22-11)18-21-20-13(3)24(18)19-10-14-8-16(26-5)17(27-6)9-15(14)25-4/h7-10H,1-6H3. The van der Waals surface area contributed by atoms with Crippen molar-refractivity contribution in [1.82, 2.24) is 24.7 Å². The fourth-order valence-corrected chi connectivity index (χ4v) is 2.72. The van der Waals surface area contributed by atoms with E-state index in [1.165, 1.54) is 0 Å². The highest BCUT2D eigenvalue weighted by Gasteiger charge is 2.15. The van der Waals surface area contributed by atoms with Gasteiger partial charge in [0.2, 0.25) is 0 Å². The molecule has 0 unspecified atom stereocenters. The van der Waals surface area contributed by atoms with Crippen LogP contribution in [0, 0.1) is 20.8 Å². The summed E-state index contributed by atoms with van der Waals surface area (Å²) in [7, 11) is 4.74. The topological polar surface area (TPSA) is 88.6 Å². The summed E-state index contributed by atoms with van der Waals surface area (Å²) >= 11 is 0. The highest BCUT2D eigenvalue weighted by molar-refractivity contribution is 5.85. The van der Waals surface area contributed by atoms with Crippen molar-refractivity contribution >= 4 is 6.21 Å². The molecule has 0 radical (unpaired) electrons. The Morgan fingerprint density at radius 1 is 0.889 bits per heavy atom. The van der Waals surface area contributed by atoms with Crippen LogP contribution in [0.15, 0.2) is 23.3 Å². The summed E-state index contributed by atoms with van der Waals surface area (Å²) in [5, 5.41) is 17.3. The predicted octanol–water partition coefficient (Wildman–Crippen LogP) is 2.30. The first kappa shape index (κ1) is 18.4. The van der Waals surface area contributed by atoms with Gasteiger partial charge in [0.05, 0.1) is 33.2 Å². The Labute approximate surface area is 157 Å². The zero-order chi connectivity index (χ0) is 19.6. The smallest absolute Gasteiger partial charge is 0.273 e. The van der Waals surface area contributed by atoms with Crippen LogP contribution in [0.3, 0.4) is 0 Å². The van der Waals surface area contributed by atoms with Crippen molar-refractivity contribution in [1.29, 1.82) is 0 Å². The third-order valence-electron chi connectivity index (χ3n) is 4.03. The van der Waals surface area contributed by atoms with Crippen molar-refractivity contribution in [3.8, 4) is 23.2 Å². The van der Waals surface area contributed by atoms with Gasteiger partial charge in [0, 0.05) is 17.3 Å². The largest absolute Gasteiger partial charge is 0.496 e. The normalized spacial score (nSPS) is 11.2. The summed E-state index contributed by atoms with van der Waals surface area (Å²) in [6, 6.07) is 5.51. The number of nitrogens with zero attached hydrogens (tertiary/aromatic N) is 6. The van der Waals surface area contributed by atoms with E-state index < -0.39 is 0 Å². The first-order valence-electron chi connectivity index (χ1n) is 8.28. The van der Waals surface area contributed by atoms with Crippen molar-refractivity contribution in [3.63, 3.8) is 0 Å². The minimum absolute atomic E-state index is 0.508. The van der Waals surface area contributed by atoms with Gasteiger partial charge in [-0.3, -0.25) is 0 Å². The molecular formula is C18H22N6O3. The average Bonchev–Trinajstić information content (AvgIpc) is 3.19. The van der Waals surface area contributed by atoms with Crippen LogP contribution in [-0.4, -0.2) is 52.2 Å². The third-order valence-corrected chi connectivity index (χ3v) is 4.03. The van der Waals surface area contributed by atoms with Gasteiger partial charge in [0.25, 0.3) is 5.95 Å². The monoisotopic (exact) mass is 370 g/mol. The fraction of sp³-hybridized carbons (Fsp3) is 0.333. The second-order valence-electron chi connectivity index (χ2n) is 5.89. The molecule has 0 atom stereocenters. The van der Waals surface area contributed by atoms with E-state index in [4.69, 9.17) is 14.2 Å². The lowest BCUT2D eigenvalue weighted by Crippen LogP contribution is -2.08. The number of methoxy groups -OCH3 is 3. The molecule has 2 aromatic heterocycles. The van der Waals surface area contributed by atoms with Crippen LogP contribution >= 0.6 is 0 Å². The molecule has 2 heterocycles. The zero-order valence-electron chi connectivity index (χ0n) is 16.2. The number of rotatable bonds is 6. The summed E-state index contributed by atoms with van der Waals surface area (Å²) in [5.74, 6) is 2.91. The minimum Gasteiger partial charge on any atom is -0.496 e. The lowest BCUT2D eigenvalue weighted by atomic mass is 10.2. The van der Waals surface area contributed by atoms with Crippen LogP contribution in [-0.2, 0) is 0 Å². The van der Waals surface area contributed by atoms with Crippen LogP contribution in [0.2, 0.25) is 0 Å². The Hall–Kier alpha value is -3.36. The molecule has 0 spiro atoms. The van der Waals surface area contributed by atoms with E-state index in [1.54, 1.807) is 49.0 Å². The Bertz CT molecular complexity index is 989. The summed E-state index contributed by atoms with van der Waals surface area (Å²) < 4.78 is 19.4. The fourth-order valence-electron chi connectivity index (χ4n) is 2.72. The molecule has 9 heteroatoms. The van der Waals surface area contributed by atoms with E-state index in [0.29, 0.717) is 29.0 Å². The predicted molar refractivity (Wildman–Crippen MR) is 100 cm³/mol. The van der Waals surface area contributed by atoms with Crippen LogP contribution in [0.4, 0.5) is 0 Å². The van der Waals surface area contributed by atoms with Crippen LogP contribution in [0.1, 0.15) is 22.8 Å². The first-order valence-corrected chi connectivity index (χ1v) is 8.28. The third kappa shape index (κ3) is 3.48. The quantitative estimate of drug-likeness (QED) is 0.619. The van der Waals surface area contributed by atoms with Crippen molar-refractivity contribution in [3.05, 3.63) is 41.0 Å². The van der Waals surface area contributed by atoms with E-state index in [9.17, 15) is 0 Å². The summed E-state index contributed by atoms with van der Waals surface area (Å²) in [5.41, 5.74) is 2.56. The molecule has 0 N–H and O–H groups in total. The second-order valence-corrected chi connectivity index (χ2v) is 5.89. The molecule has 0 aliphatic rings. The van der Waals surface area contributed by atoms with E-state index in [-0.39, 0.29) is 0 Å². The van der Waals surface area contributed by atoms with Gasteiger partial charge in [-0.25, -0.2) is 4.68 Å². The number of hydrogen-bond acceptors (Lipinski definition) is 7. The minimum atomic E-state index is 0.508. The van der Waals surface area contributed by atoms with Crippen molar-refractivity contribution in [2.75, 3.05) is 21.3 Å². The lowest BCUT2D eigenvalue weighted by Gasteiger charge is -2.12. The summed E-state index contributed by atoms with van der Waals surface area (Å²) in [6.45, 7) is 5.70. The van der Waals surface area contributed by atoms with Gasteiger partial charge in [-0.2, -0.15) is 14.9 Å². The number of hydrogen-bond donors (Lipinski definition) is 0. The Kier molecular flexibility index (Phi) is 5.11. The van der Waals surface area contributed by atoms with Gasteiger partial charge in [-0.15, -0.1) is 10.2 Å². The SMILES string of the molecule is COc1cc(OC)c(OC)cc1C=Nn1c(C)nnc1-n1nc(C)cc1C. The molecule has 0 saturated carbocycles. The van der Waals surface area contributed by atoms with Crippen LogP contribution in [0.5, 0.6) is 17.2 Å². The molecule has 0 saturated heterocycles. The van der Waals surface area contributed by atoms with Gasteiger partial charge in [-0.05, 0) is 32.9 Å². The zero-order valence-corrected chi connectivity index (χ0v) is 16.2. The van der Waals surface area contributed by atoms with Gasteiger partial charge >= 0.3 is 0 Å². The highest BCUT2D eigenvalue weighted by atomic mass is 16.5. The lowest BCUT2D eigenvalue weighted by molar-refractivity contribution is 0.349. The van der Waals surface area contributed by atoms with Crippen LogP contribution in [0.25, 0.3) is 5.95 Å². The van der Waals surface area contributed by atoms with Gasteiger partial charge in [-0.1, -0.05) is 0 Å². The maximum absolute atomic E-state index is 5.44. The molecule has 0 aliphatic heterocycles. The van der Waals surface area contributed by atoms with Crippen LogP contribution < -0.4 is 14.2 Å². The molecule has 142 valence electrons. The summed E-state index contributed by atoms with van der Waals surface area (Å²) in [4.78, 5) is 0. The van der Waals surface area contributed by atoms with Crippen molar-refractivity contribution < 1.29 is 14.2 Å². The average molecular weight is 370 g/mol. The van der Waals surface area contributed by atoms with E-state index >= 15 is 0 Å². The van der Waals surface area contributed by atoms with Crippen molar-refractivity contribution in [2.45, 2.75) is 20.8 Å². The van der Waals surface area contributed by atoms with Crippen molar-refractivity contribution in [2.24, 2.45) is 5.10 Å². The molecular weight excluding hydrogens is 348 g/mol. The second kappa shape index (κ2) is 7.48. The molecule has 0 amide bonds. The number of ether oxygens (including phenoxy) is 3. The van der Waals surface area contributed by atoms with E-state index in [1.807, 2.05) is 26.8 Å². The molecule has 9 nitrogen and oxygen atoms in total. The maximum atomic E-state index is 5.44. The first-order chi connectivity index (χ1) is 13.0. The van der Waals surface area contributed by atoms with Gasteiger partial charge < -0.3 is 14.2 Å². The number of benzene rings is 1. The molecule has 0 aliphatic carbocycles. The Morgan fingerprint density at radius 2 is 1.56 bits per heavy atom. The Morgan fingerprint density at radius 3 is 2.15 bits per heavy atom. The molecule has 3 aromatic rings. The molecule has 0 fully saturated rings. The molecule has 0 bridgehead atoms. The molecule has 1 aromatic carbocycles. The number of aryl methyl sites for hydroxylation is 3. The van der Waals surface area contributed by atoms with Gasteiger partial charge in [0.15, 0.2) is 17.3 Å². The molecule has 3 rings (SSSR count). The highest BCUT2D eigenvalue weighted by Crippen LogP contribution is 2.33. The maximum Gasteiger partial charge on any atom is 0.273 e. The Balaban J connectivity index is 2.05. The number of aromatic nitrogens is 5. The summed E-state index contributed by atoms with van der Waals surface area (Å²) in [6.07, 6.45) is 1.66. The van der Waals surface area contributed by atoms with E-state index in [0.717, 1.165) is 17.0 Å². The van der Waals surface area contributed by atoms with Gasteiger partial charge in [0.1, 0.15) is 5.75 Å². The van der Waals surface area contributed by atoms with E-state index in [2.05, 4.69) is 20.4 Å². The molecule has 27 heavy (non-hydrogen) atoms.